The first kappa shape index (κ1) is 12.1. The molecule has 6 heteroatoms. The number of rotatable bonds is 3. The number of nitrogens with one attached hydrogen (secondary N) is 1. The van der Waals surface area contributed by atoms with Crippen molar-refractivity contribution in [3.63, 3.8) is 0 Å². The van der Waals surface area contributed by atoms with Crippen LogP contribution in [-0.2, 0) is 0 Å². The molecular formula is C10H14BrClN4. The molecule has 1 aromatic heterocycles. The highest BCUT2D eigenvalue weighted by atomic mass is 79.9. The Hall–Kier alpha value is -0.390. The van der Waals surface area contributed by atoms with Crippen molar-refractivity contribution in [2.24, 2.45) is 5.92 Å². The van der Waals surface area contributed by atoms with Gasteiger partial charge in [-0.25, -0.2) is 4.98 Å². The molecule has 1 atom stereocenters. The highest BCUT2D eigenvalue weighted by Crippen LogP contribution is 2.21. The van der Waals surface area contributed by atoms with Gasteiger partial charge in [0.2, 0.25) is 5.28 Å². The van der Waals surface area contributed by atoms with Gasteiger partial charge >= 0.3 is 0 Å². The number of anilines is 1. The zero-order chi connectivity index (χ0) is 11.5. The summed E-state index contributed by atoms with van der Waals surface area (Å²) in [4.78, 5) is 10.4. The van der Waals surface area contributed by atoms with Gasteiger partial charge in [-0.3, -0.25) is 0 Å². The van der Waals surface area contributed by atoms with Crippen LogP contribution in [-0.4, -0.2) is 41.5 Å². The molecule has 0 radical (unpaired) electrons. The van der Waals surface area contributed by atoms with Gasteiger partial charge in [-0.2, -0.15) is 4.98 Å². The summed E-state index contributed by atoms with van der Waals surface area (Å²) in [5, 5.41) is 3.58. The van der Waals surface area contributed by atoms with Crippen LogP contribution in [0.2, 0.25) is 5.28 Å². The molecule has 0 saturated carbocycles. The van der Waals surface area contributed by atoms with E-state index in [4.69, 9.17) is 11.6 Å². The van der Waals surface area contributed by atoms with Crippen LogP contribution in [0, 0.1) is 5.92 Å². The van der Waals surface area contributed by atoms with Gasteiger partial charge in [-0.15, -0.1) is 0 Å². The van der Waals surface area contributed by atoms with E-state index in [-0.39, 0.29) is 5.28 Å². The second-order valence-electron chi connectivity index (χ2n) is 4.13. The molecule has 0 spiro atoms. The number of hydrogen-bond donors (Lipinski definition) is 1. The maximum Gasteiger partial charge on any atom is 0.224 e. The third-order valence-electron chi connectivity index (χ3n) is 2.76. The van der Waals surface area contributed by atoms with E-state index in [1.54, 1.807) is 6.20 Å². The van der Waals surface area contributed by atoms with Gasteiger partial charge in [-0.1, -0.05) is 0 Å². The molecule has 1 fully saturated rings. The molecule has 0 aromatic carbocycles. The van der Waals surface area contributed by atoms with E-state index in [2.05, 4.69) is 43.2 Å². The largest absolute Gasteiger partial charge is 0.369 e. The lowest BCUT2D eigenvalue weighted by atomic mass is 10.1. The lowest BCUT2D eigenvalue weighted by Gasteiger charge is -2.12. The lowest BCUT2D eigenvalue weighted by Crippen LogP contribution is -2.19. The zero-order valence-electron chi connectivity index (χ0n) is 9.08. The minimum absolute atomic E-state index is 0.272. The maximum atomic E-state index is 5.74. The predicted octanol–water partition coefficient (Wildman–Crippen LogP) is 2.26. The number of hydrogen-bond acceptors (Lipinski definition) is 4. The number of likely N-dealkylation sites (tertiary alicyclic amines) is 1. The molecule has 0 amide bonds. The lowest BCUT2D eigenvalue weighted by molar-refractivity contribution is 0.399. The molecule has 88 valence electrons. The van der Waals surface area contributed by atoms with Crippen molar-refractivity contribution in [3.8, 4) is 0 Å². The summed E-state index contributed by atoms with van der Waals surface area (Å²) in [6.45, 7) is 3.25. The Balaban J connectivity index is 1.91. The van der Waals surface area contributed by atoms with E-state index in [1.165, 1.54) is 13.0 Å². The molecule has 1 aliphatic rings. The van der Waals surface area contributed by atoms with E-state index >= 15 is 0 Å². The molecule has 0 aliphatic carbocycles. The molecule has 1 aliphatic heterocycles. The minimum Gasteiger partial charge on any atom is -0.369 e. The van der Waals surface area contributed by atoms with Crippen LogP contribution in [0.1, 0.15) is 6.42 Å². The third kappa shape index (κ3) is 3.06. The second-order valence-corrected chi connectivity index (χ2v) is 5.33. The van der Waals surface area contributed by atoms with Crippen molar-refractivity contribution in [1.82, 2.24) is 14.9 Å². The Morgan fingerprint density at radius 3 is 3.19 bits per heavy atom. The summed E-state index contributed by atoms with van der Waals surface area (Å²) < 4.78 is 0.850. The van der Waals surface area contributed by atoms with Crippen LogP contribution in [0.3, 0.4) is 0 Å². The molecule has 0 bridgehead atoms. The van der Waals surface area contributed by atoms with Crippen molar-refractivity contribution < 1.29 is 0 Å². The van der Waals surface area contributed by atoms with E-state index in [0.29, 0.717) is 5.92 Å². The highest BCUT2D eigenvalue weighted by Gasteiger charge is 2.19. The summed E-state index contributed by atoms with van der Waals surface area (Å²) in [6, 6.07) is 0. The SMILES string of the molecule is CN1CCC(CNc2nc(Cl)ncc2Br)C1. The second kappa shape index (κ2) is 5.29. The number of aromatic nitrogens is 2. The van der Waals surface area contributed by atoms with Crippen molar-refractivity contribution >= 4 is 33.3 Å². The summed E-state index contributed by atoms with van der Waals surface area (Å²) in [7, 11) is 2.15. The van der Waals surface area contributed by atoms with Crippen LogP contribution in [0.15, 0.2) is 10.7 Å². The average Bonchev–Trinajstić information content (AvgIpc) is 2.66. The minimum atomic E-state index is 0.272. The topological polar surface area (TPSA) is 41.0 Å². The fraction of sp³-hybridized carbons (Fsp3) is 0.600. The molecule has 4 nitrogen and oxygen atoms in total. The maximum absolute atomic E-state index is 5.74. The first-order chi connectivity index (χ1) is 7.65. The quantitative estimate of drug-likeness (QED) is 0.870. The van der Waals surface area contributed by atoms with Gasteiger partial charge in [0.25, 0.3) is 0 Å². The van der Waals surface area contributed by atoms with Crippen molar-refractivity contribution in [2.75, 3.05) is 32.0 Å². The molecule has 1 aromatic rings. The molecule has 1 N–H and O–H groups in total. The van der Waals surface area contributed by atoms with E-state index in [9.17, 15) is 0 Å². The third-order valence-corrected chi connectivity index (χ3v) is 3.52. The number of nitrogens with zero attached hydrogens (tertiary/aromatic N) is 3. The van der Waals surface area contributed by atoms with Crippen LogP contribution in [0.4, 0.5) is 5.82 Å². The smallest absolute Gasteiger partial charge is 0.224 e. The summed E-state index contributed by atoms with van der Waals surface area (Å²) in [5.41, 5.74) is 0. The standard InChI is InChI=1S/C10H14BrClN4/c1-16-3-2-7(6-16)4-13-9-8(11)5-14-10(12)15-9/h5,7H,2-4,6H2,1H3,(H,13,14,15). The van der Waals surface area contributed by atoms with E-state index < -0.39 is 0 Å². The normalized spacial score (nSPS) is 21.3. The van der Waals surface area contributed by atoms with Crippen molar-refractivity contribution in [1.29, 1.82) is 0 Å². The Labute approximate surface area is 109 Å². The molecule has 16 heavy (non-hydrogen) atoms. The monoisotopic (exact) mass is 304 g/mol. The van der Waals surface area contributed by atoms with Crippen molar-refractivity contribution in [2.45, 2.75) is 6.42 Å². The van der Waals surface area contributed by atoms with E-state index in [0.717, 1.165) is 23.4 Å². The Morgan fingerprint density at radius 1 is 1.69 bits per heavy atom. The van der Waals surface area contributed by atoms with Crippen molar-refractivity contribution in [3.05, 3.63) is 16.0 Å². The summed E-state index contributed by atoms with van der Waals surface area (Å²) >= 11 is 9.14. The molecule has 1 saturated heterocycles. The average molecular weight is 306 g/mol. The Morgan fingerprint density at radius 2 is 2.50 bits per heavy atom. The molecular weight excluding hydrogens is 291 g/mol. The predicted molar refractivity (Wildman–Crippen MR) is 68.8 cm³/mol. The van der Waals surface area contributed by atoms with Gasteiger partial charge in [0.15, 0.2) is 0 Å². The van der Waals surface area contributed by atoms with Gasteiger partial charge < -0.3 is 10.2 Å². The highest BCUT2D eigenvalue weighted by molar-refractivity contribution is 9.10. The van der Waals surface area contributed by atoms with Crippen LogP contribution in [0.5, 0.6) is 0 Å². The number of halogens is 2. The molecule has 2 rings (SSSR count). The fourth-order valence-electron chi connectivity index (χ4n) is 1.90. The molecule has 1 unspecified atom stereocenters. The molecule has 2 heterocycles. The van der Waals surface area contributed by atoms with Crippen LogP contribution >= 0.6 is 27.5 Å². The van der Waals surface area contributed by atoms with Gasteiger partial charge in [0, 0.05) is 19.3 Å². The van der Waals surface area contributed by atoms with E-state index in [1.807, 2.05) is 0 Å². The first-order valence-corrected chi connectivity index (χ1v) is 6.42. The van der Waals surface area contributed by atoms with Gasteiger partial charge in [0.1, 0.15) is 5.82 Å². The Kier molecular flexibility index (Phi) is 4.00. The summed E-state index contributed by atoms with van der Waals surface area (Å²) in [5.74, 6) is 1.46. The van der Waals surface area contributed by atoms with Crippen LogP contribution in [0.25, 0.3) is 0 Å². The zero-order valence-corrected chi connectivity index (χ0v) is 11.4. The fourth-order valence-corrected chi connectivity index (χ4v) is 2.37. The Bertz CT molecular complexity index is 374. The summed E-state index contributed by atoms with van der Waals surface area (Å²) in [6.07, 6.45) is 2.90. The first-order valence-electron chi connectivity index (χ1n) is 5.25. The van der Waals surface area contributed by atoms with Gasteiger partial charge in [-0.05, 0) is 53.5 Å². The van der Waals surface area contributed by atoms with Gasteiger partial charge in [0.05, 0.1) is 4.47 Å². The van der Waals surface area contributed by atoms with Crippen LogP contribution < -0.4 is 5.32 Å².